The van der Waals surface area contributed by atoms with Crippen LogP contribution in [0.15, 0.2) is 53.2 Å². The first-order valence-electron chi connectivity index (χ1n) is 5.57. The van der Waals surface area contributed by atoms with Gasteiger partial charge in [0.2, 0.25) is 0 Å². The summed E-state index contributed by atoms with van der Waals surface area (Å²) in [6, 6.07) is 4.15. The molecule has 1 aromatic rings. The third-order valence-corrected chi connectivity index (χ3v) is 3.36. The Labute approximate surface area is 117 Å². The molecule has 5 heteroatoms. The van der Waals surface area contributed by atoms with Gasteiger partial charge in [0.1, 0.15) is 5.82 Å². The Kier molecular flexibility index (Phi) is 4.14. The number of hydrogen-bond acceptors (Lipinski definition) is 1. The van der Waals surface area contributed by atoms with Crippen molar-refractivity contribution in [3.63, 3.8) is 0 Å². The molecule has 1 aromatic carbocycles. The number of rotatable bonds is 3. The van der Waals surface area contributed by atoms with E-state index in [0.29, 0.717) is 21.4 Å². The van der Waals surface area contributed by atoms with Gasteiger partial charge in [-0.2, -0.15) is 0 Å². The van der Waals surface area contributed by atoms with Crippen molar-refractivity contribution in [2.45, 2.75) is 6.43 Å². The van der Waals surface area contributed by atoms with Crippen molar-refractivity contribution >= 4 is 21.6 Å². The Morgan fingerprint density at radius 2 is 2.05 bits per heavy atom. The first-order chi connectivity index (χ1) is 8.99. The number of nitrogens with zero attached hydrogens (tertiary/aromatic N) is 1. The molecule has 1 nitrogen and oxygen atoms in total. The molecule has 0 spiro atoms. The van der Waals surface area contributed by atoms with Gasteiger partial charge in [-0.25, -0.2) is 13.2 Å². The molecule has 0 atom stereocenters. The predicted molar refractivity (Wildman–Crippen MR) is 73.1 cm³/mol. The summed E-state index contributed by atoms with van der Waals surface area (Å²) in [7, 11) is 0. The quantitative estimate of drug-likeness (QED) is 0.784. The summed E-state index contributed by atoms with van der Waals surface area (Å²) in [4.78, 5) is 1.42. The molecule has 1 aliphatic rings. The molecule has 19 heavy (non-hydrogen) atoms. The third kappa shape index (κ3) is 3.10. The van der Waals surface area contributed by atoms with Gasteiger partial charge in [0.05, 0.1) is 6.54 Å². The van der Waals surface area contributed by atoms with Gasteiger partial charge in [0.15, 0.2) is 0 Å². The van der Waals surface area contributed by atoms with Gasteiger partial charge < -0.3 is 4.90 Å². The van der Waals surface area contributed by atoms with Crippen molar-refractivity contribution in [3.8, 4) is 0 Å². The highest BCUT2D eigenvalue weighted by molar-refractivity contribution is 9.10. The highest BCUT2D eigenvalue weighted by Crippen LogP contribution is 2.32. The topological polar surface area (TPSA) is 3.24 Å². The predicted octanol–water partition coefficient (Wildman–Crippen LogP) is 4.58. The van der Waals surface area contributed by atoms with Crippen LogP contribution in [0.1, 0.15) is 5.56 Å². The van der Waals surface area contributed by atoms with Crippen LogP contribution in [0.4, 0.5) is 13.2 Å². The Balaban J connectivity index is 2.42. The van der Waals surface area contributed by atoms with Crippen LogP contribution in [-0.4, -0.2) is 17.9 Å². The molecular formula is C14H11BrF3N. The molecule has 1 aliphatic heterocycles. The minimum atomic E-state index is -2.48. The van der Waals surface area contributed by atoms with Crippen LogP contribution in [0.3, 0.4) is 0 Å². The number of allylic oxidation sites excluding steroid dienone is 3. The van der Waals surface area contributed by atoms with Crippen molar-refractivity contribution in [1.82, 2.24) is 4.90 Å². The second kappa shape index (κ2) is 5.65. The van der Waals surface area contributed by atoms with Gasteiger partial charge in [0, 0.05) is 21.4 Å². The Morgan fingerprint density at radius 1 is 1.32 bits per heavy atom. The van der Waals surface area contributed by atoms with Crippen molar-refractivity contribution in [1.29, 1.82) is 0 Å². The minimum absolute atomic E-state index is 0.387. The average Bonchev–Trinajstić information content (AvgIpc) is 2.32. The largest absolute Gasteiger partial charge is 0.336 e. The van der Waals surface area contributed by atoms with E-state index in [-0.39, 0.29) is 5.82 Å². The lowest BCUT2D eigenvalue weighted by atomic mass is 10.1. The molecule has 100 valence electrons. The van der Waals surface area contributed by atoms with Crippen LogP contribution in [0, 0.1) is 5.82 Å². The average molecular weight is 330 g/mol. The second-order valence-corrected chi connectivity index (χ2v) is 4.88. The summed E-state index contributed by atoms with van der Waals surface area (Å²) < 4.78 is 38.9. The first-order valence-corrected chi connectivity index (χ1v) is 6.36. The van der Waals surface area contributed by atoms with Gasteiger partial charge in [-0.15, -0.1) is 0 Å². The molecule has 0 radical (unpaired) electrons. The highest BCUT2D eigenvalue weighted by atomic mass is 79.9. The van der Waals surface area contributed by atoms with Crippen molar-refractivity contribution in [2.24, 2.45) is 0 Å². The zero-order chi connectivity index (χ0) is 14.0. The van der Waals surface area contributed by atoms with Gasteiger partial charge in [-0.3, -0.25) is 0 Å². The summed E-state index contributed by atoms with van der Waals surface area (Å²) in [5, 5.41) is 0. The summed E-state index contributed by atoms with van der Waals surface area (Å²) in [6.45, 7) is 3.30. The fourth-order valence-corrected chi connectivity index (χ4v) is 2.42. The molecule has 0 bridgehead atoms. The normalized spacial score (nSPS) is 15.1. The monoisotopic (exact) mass is 329 g/mol. The summed E-state index contributed by atoms with van der Waals surface area (Å²) in [6.07, 6.45) is 2.61. The van der Waals surface area contributed by atoms with Gasteiger partial charge in [-0.05, 0) is 46.3 Å². The van der Waals surface area contributed by atoms with Crippen molar-refractivity contribution in [3.05, 3.63) is 64.6 Å². The molecule has 0 aliphatic carbocycles. The van der Waals surface area contributed by atoms with Crippen LogP contribution < -0.4 is 0 Å². The van der Waals surface area contributed by atoms with E-state index in [4.69, 9.17) is 0 Å². The van der Waals surface area contributed by atoms with E-state index in [9.17, 15) is 13.2 Å². The molecule has 0 N–H and O–H groups in total. The standard InChI is InChI=1S/C14H11BrF3N/c1-9-3-2-4-13(19(9)8-14(17)18)11-6-5-10(16)7-12(11)15/h2-7,14H,1,8H2. The Morgan fingerprint density at radius 3 is 2.68 bits per heavy atom. The molecule has 0 saturated heterocycles. The molecular weight excluding hydrogens is 319 g/mol. The highest BCUT2D eigenvalue weighted by Gasteiger charge is 2.21. The molecule has 0 saturated carbocycles. The van der Waals surface area contributed by atoms with E-state index < -0.39 is 13.0 Å². The number of alkyl halides is 2. The first kappa shape index (κ1) is 13.9. The smallest absolute Gasteiger partial charge is 0.256 e. The van der Waals surface area contributed by atoms with E-state index in [1.54, 1.807) is 24.3 Å². The van der Waals surface area contributed by atoms with Crippen LogP contribution in [-0.2, 0) is 0 Å². The Hall–Kier alpha value is -1.49. The van der Waals surface area contributed by atoms with E-state index in [2.05, 4.69) is 22.5 Å². The fraction of sp³-hybridized carbons (Fsp3) is 0.143. The summed E-state index contributed by atoms with van der Waals surface area (Å²) >= 11 is 3.25. The van der Waals surface area contributed by atoms with E-state index >= 15 is 0 Å². The molecule has 0 aromatic heterocycles. The lowest BCUT2D eigenvalue weighted by Gasteiger charge is -2.30. The number of hydrogen-bond donors (Lipinski definition) is 0. The third-order valence-electron chi connectivity index (χ3n) is 2.71. The number of halogens is 4. The molecule has 1 heterocycles. The fourth-order valence-electron chi connectivity index (χ4n) is 1.87. The van der Waals surface area contributed by atoms with E-state index in [1.807, 2.05) is 0 Å². The minimum Gasteiger partial charge on any atom is -0.336 e. The molecule has 0 unspecified atom stereocenters. The van der Waals surface area contributed by atoms with Crippen molar-refractivity contribution < 1.29 is 13.2 Å². The second-order valence-electron chi connectivity index (χ2n) is 4.03. The van der Waals surface area contributed by atoms with E-state index in [0.717, 1.165) is 0 Å². The molecule has 0 fully saturated rings. The van der Waals surface area contributed by atoms with Crippen LogP contribution in [0.2, 0.25) is 0 Å². The maximum atomic E-state index is 13.1. The van der Waals surface area contributed by atoms with Crippen LogP contribution in [0.25, 0.3) is 5.70 Å². The summed E-state index contributed by atoms with van der Waals surface area (Å²) in [5.74, 6) is -0.387. The lowest BCUT2D eigenvalue weighted by molar-refractivity contribution is 0.123. The van der Waals surface area contributed by atoms with Gasteiger partial charge in [0.25, 0.3) is 6.43 Å². The Bertz CT molecular complexity index is 564. The number of benzene rings is 1. The maximum absolute atomic E-state index is 13.1. The zero-order valence-electron chi connectivity index (χ0n) is 9.91. The SMILES string of the molecule is C=C1C=CC=C(c2ccc(F)cc2Br)N1CC(F)F. The van der Waals surface area contributed by atoms with Crippen LogP contribution >= 0.6 is 15.9 Å². The summed E-state index contributed by atoms with van der Waals surface area (Å²) in [5.41, 5.74) is 1.70. The molecule has 0 amide bonds. The van der Waals surface area contributed by atoms with Crippen LogP contribution in [0.5, 0.6) is 0 Å². The maximum Gasteiger partial charge on any atom is 0.256 e. The zero-order valence-corrected chi connectivity index (χ0v) is 11.5. The van der Waals surface area contributed by atoms with E-state index in [1.165, 1.54) is 17.0 Å². The van der Waals surface area contributed by atoms with Gasteiger partial charge >= 0.3 is 0 Å². The molecule has 2 rings (SSSR count). The van der Waals surface area contributed by atoms with Gasteiger partial charge in [-0.1, -0.05) is 12.7 Å². The lowest BCUT2D eigenvalue weighted by Crippen LogP contribution is -2.27. The van der Waals surface area contributed by atoms with Crippen molar-refractivity contribution in [2.75, 3.05) is 6.54 Å².